The Balaban J connectivity index is 2.09. The van der Waals surface area contributed by atoms with Crippen molar-refractivity contribution in [2.24, 2.45) is 0 Å². The third-order valence-electron chi connectivity index (χ3n) is 2.52. The summed E-state index contributed by atoms with van der Waals surface area (Å²) < 4.78 is 24.2. The second-order valence-electron chi connectivity index (χ2n) is 3.98. The molecule has 0 aliphatic rings. The number of rotatable bonds is 4. The normalized spacial score (nSPS) is 10.3. The summed E-state index contributed by atoms with van der Waals surface area (Å²) in [5.41, 5.74) is 7.25. The van der Waals surface area contributed by atoms with Gasteiger partial charge in [-0.2, -0.15) is 0 Å². The van der Waals surface area contributed by atoms with Gasteiger partial charge in [0.1, 0.15) is 23.9 Å². The molecule has 19 heavy (non-hydrogen) atoms. The Labute approximate surface area is 119 Å². The molecule has 100 valence electrons. The summed E-state index contributed by atoms with van der Waals surface area (Å²) in [5.74, 6) is 0.937. The van der Waals surface area contributed by atoms with Crippen LogP contribution in [0.3, 0.4) is 0 Å². The molecule has 0 saturated carbocycles. The Morgan fingerprint density at radius 2 is 1.95 bits per heavy atom. The number of anilines is 1. The van der Waals surface area contributed by atoms with E-state index in [-0.39, 0.29) is 5.82 Å². The van der Waals surface area contributed by atoms with E-state index in [1.54, 1.807) is 31.4 Å². The van der Waals surface area contributed by atoms with E-state index in [0.717, 1.165) is 5.56 Å². The number of ether oxygens (including phenoxy) is 2. The Morgan fingerprint density at radius 1 is 1.16 bits per heavy atom. The molecule has 0 radical (unpaired) electrons. The Kier molecular flexibility index (Phi) is 4.27. The maximum atomic E-state index is 13.1. The molecule has 2 rings (SSSR count). The first-order valence-corrected chi connectivity index (χ1v) is 6.39. The highest BCUT2D eigenvalue weighted by Crippen LogP contribution is 2.24. The van der Waals surface area contributed by atoms with Crippen LogP contribution in [0, 0.1) is 5.82 Å². The van der Waals surface area contributed by atoms with Crippen LogP contribution >= 0.6 is 15.9 Å². The monoisotopic (exact) mass is 325 g/mol. The van der Waals surface area contributed by atoms with Crippen molar-refractivity contribution in [3.8, 4) is 11.5 Å². The van der Waals surface area contributed by atoms with Crippen LogP contribution in [0.5, 0.6) is 11.5 Å². The molecule has 0 saturated heterocycles. The van der Waals surface area contributed by atoms with Crippen molar-refractivity contribution in [1.29, 1.82) is 0 Å². The van der Waals surface area contributed by atoms with Crippen LogP contribution in [-0.4, -0.2) is 7.11 Å². The third kappa shape index (κ3) is 3.61. The van der Waals surface area contributed by atoms with Crippen molar-refractivity contribution in [2.45, 2.75) is 6.61 Å². The lowest BCUT2D eigenvalue weighted by molar-refractivity contribution is 0.304. The van der Waals surface area contributed by atoms with Crippen molar-refractivity contribution in [1.82, 2.24) is 0 Å². The molecule has 0 unspecified atom stereocenters. The second-order valence-corrected chi connectivity index (χ2v) is 4.83. The molecule has 0 atom stereocenters. The highest BCUT2D eigenvalue weighted by Gasteiger charge is 2.03. The summed E-state index contributed by atoms with van der Waals surface area (Å²) >= 11 is 3.11. The molecule has 0 bridgehead atoms. The van der Waals surface area contributed by atoms with Gasteiger partial charge in [0.2, 0.25) is 0 Å². The predicted molar refractivity (Wildman–Crippen MR) is 75.8 cm³/mol. The van der Waals surface area contributed by atoms with Gasteiger partial charge in [0, 0.05) is 11.8 Å². The minimum absolute atomic E-state index is 0.321. The van der Waals surface area contributed by atoms with Crippen LogP contribution in [0.4, 0.5) is 10.1 Å². The zero-order valence-corrected chi connectivity index (χ0v) is 11.9. The molecule has 2 aromatic carbocycles. The molecule has 0 aliphatic carbocycles. The van der Waals surface area contributed by atoms with Crippen molar-refractivity contribution < 1.29 is 13.9 Å². The summed E-state index contributed by atoms with van der Waals surface area (Å²) in [6.07, 6.45) is 0. The van der Waals surface area contributed by atoms with Crippen LogP contribution < -0.4 is 15.2 Å². The van der Waals surface area contributed by atoms with E-state index in [1.165, 1.54) is 6.07 Å². The highest BCUT2D eigenvalue weighted by atomic mass is 79.9. The maximum Gasteiger partial charge on any atom is 0.137 e. The van der Waals surface area contributed by atoms with Crippen LogP contribution in [0.25, 0.3) is 0 Å². The van der Waals surface area contributed by atoms with E-state index < -0.39 is 0 Å². The molecule has 3 nitrogen and oxygen atoms in total. The van der Waals surface area contributed by atoms with E-state index in [2.05, 4.69) is 15.9 Å². The van der Waals surface area contributed by atoms with E-state index in [1.807, 2.05) is 6.07 Å². The summed E-state index contributed by atoms with van der Waals surface area (Å²) in [7, 11) is 1.58. The first-order chi connectivity index (χ1) is 9.08. The number of halogens is 2. The summed E-state index contributed by atoms with van der Waals surface area (Å²) in [6, 6.07) is 9.88. The predicted octanol–water partition coefficient (Wildman–Crippen LogP) is 3.76. The van der Waals surface area contributed by atoms with Gasteiger partial charge in [0.25, 0.3) is 0 Å². The van der Waals surface area contributed by atoms with Gasteiger partial charge in [-0.25, -0.2) is 4.39 Å². The van der Waals surface area contributed by atoms with Crippen LogP contribution in [-0.2, 0) is 6.61 Å². The van der Waals surface area contributed by atoms with Gasteiger partial charge in [-0.3, -0.25) is 0 Å². The summed E-state index contributed by atoms with van der Waals surface area (Å²) in [5, 5.41) is 0. The molecule has 5 heteroatoms. The van der Waals surface area contributed by atoms with Crippen molar-refractivity contribution in [3.05, 3.63) is 52.3 Å². The molecule has 2 N–H and O–H groups in total. The standard InChI is InChI=1S/C14H13BrFNO2/c1-18-12-5-9(4-10(17)6-12)8-19-11-2-3-14(16)13(15)7-11/h2-7H,8,17H2,1H3. The lowest BCUT2D eigenvalue weighted by Crippen LogP contribution is -1.98. The minimum Gasteiger partial charge on any atom is -0.497 e. The van der Waals surface area contributed by atoms with Crippen LogP contribution in [0.2, 0.25) is 0 Å². The van der Waals surface area contributed by atoms with Gasteiger partial charge in [-0.15, -0.1) is 0 Å². The zero-order chi connectivity index (χ0) is 13.8. The number of nitrogen functional groups attached to an aromatic ring is 1. The van der Waals surface area contributed by atoms with Gasteiger partial charge in [-0.1, -0.05) is 0 Å². The van der Waals surface area contributed by atoms with Crippen molar-refractivity contribution in [2.75, 3.05) is 12.8 Å². The lowest BCUT2D eigenvalue weighted by Gasteiger charge is -2.09. The molecule has 0 fully saturated rings. The Morgan fingerprint density at radius 3 is 2.63 bits per heavy atom. The van der Waals surface area contributed by atoms with E-state index >= 15 is 0 Å². The highest BCUT2D eigenvalue weighted by molar-refractivity contribution is 9.10. The van der Waals surface area contributed by atoms with E-state index in [4.69, 9.17) is 15.2 Å². The molecule has 0 amide bonds. The maximum absolute atomic E-state index is 13.1. The van der Waals surface area contributed by atoms with Crippen molar-refractivity contribution >= 4 is 21.6 Å². The Bertz CT molecular complexity index is 590. The molecule has 0 aliphatic heterocycles. The van der Waals surface area contributed by atoms with Gasteiger partial charge in [0.15, 0.2) is 0 Å². The first kappa shape index (κ1) is 13.7. The number of nitrogens with two attached hydrogens (primary N) is 1. The van der Waals surface area contributed by atoms with E-state index in [9.17, 15) is 4.39 Å². The number of hydrogen-bond donors (Lipinski definition) is 1. The van der Waals surface area contributed by atoms with Crippen LogP contribution in [0.15, 0.2) is 40.9 Å². The van der Waals surface area contributed by atoms with E-state index in [0.29, 0.717) is 28.3 Å². The first-order valence-electron chi connectivity index (χ1n) is 5.60. The summed E-state index contributed by atoms with van der Waals surface area (Å²) in [6.45, 7) is 0.333. The fourth-order valence-electron chi connectivity index (χ4n) is 1.62. The fourth-order valence-corrected chi connectivity index (χ4v) is 1.98. The summed E-state index contributed by atoms with van der Waals surface area (Å²) in [4.78, 5) is 0. The SMILES string of the molecule is COc1cc(N)cc(COc2ccc(F)c(Br)c2)c1. The molecule has 0 aromatic heterocycles. The fraction of sp³-hybridized carbons (Fsp3) is 0.143. The molecule has 2 aromatic rings. The average molecular weight is 326 g/mol. The van der Waals surface area contributed by atoms with Gasteiger partial charge in [0.05, 0.1) is 11.6 Å². The Hall–Kier alpha value is -1.75. The van der Waals surface area contributed by atoms with Gasteiger partial charge >= 0.3 is 0 Å². The smallest absolute Gasteiger partial charge is 0.137 e. The number of hydrogen-bond acceptors (Lipinski definition) is 3. The molecular formula is C14H13BrFNO2. The molecule has 0 heterocycles. The van der Waals surface area contributed by atoms with Crippen molar-refractivity contribution in [3.63, 3.8) is 0 Å². The third-order valence-corrected chi connectivity index (χ3v) is 3.13. The molecule has 0 spiro atoms. The number of methoxy groups -OCH3 is 1. The zero-order valence-electron chi connectivity index (χ0n) is 10.3. The lowest BCUT2D eigenvalue weighted by atomic mass is 10.2. The molecular weight excluding hydrogens is 313 g/mol. The quantitative estimate of drug-likeness (QED) is 0.870. The van der Waals surface area contributed by atoms with Gasteiger partial charge in [-0.05, 0) is 51.8 Å². The minimum atomic E-state index is -0.321. The number of benzene rings is 2. The van der Waals surface area contributed by atoms with Crippen LogP contribution in [0.1, 0.15) is 5.56 Å². The van der Waals surface area contributed by atoms with Gasteiger partial charge < -0.3 is 15.2 Å². The largest absolute Gasteiger partial charge is 0.497 e. The topological polar surface area (TPSA) is 44.5 Å². The second kappa shape index (κ2) is 5.93. The average Bonchev–Trinajstić information content (AvgIpc) is 2.39.